The number of nitrogens with one attached hydrogen (secondary N) is 1. The SMILES string of the molecule is CC(C)CNc1nccn1C(C)c1ccccc1. The van der Waals surface area contributed by atoms with Crippen molar-refractivity contribution in [3.8, 4) is 0 Å². The van der Waals surface area contributed by atoms with E-state index in [2.05, 4.69) is 59.9 Å². The Morgan fingerprint density at radius 2 is 1.89 bits per heavy atom. The lowest BCUT2D eigenvalue weighted by molar-refractivity contribution is 0.628. The van der Waals surface area contributed by atoms with E-state index in [4.69, 9.17) is 0 Å². The number of aromatic nitrogens is 2. The van der Waals surface area contributed by atoms with E-state index in [1.165, 1.54) is 5.56 Å². The summed E-state index contributed by atoms with van der Waals surface area (Å²) in [6, 6.07) is 10.8. The molecule has 0 aliphatic carbocycles. The first-order valence-electron chi connectivity index (χ1n) is 6.50. The molecule has 0 radical (unpaired) electrons. The Kier molecular flexibility index (Phi) is 4.03. The molecule has 1 atom stereocenters. The Balaban J connectivity index is 2.16. The summed E-state index contributed by atoms with van der Waals surface area (Å²) in [5.41, 5.74) is 1.29. The second-order valence-corrected chi connectivity index (χ2v) is 5.02. The van der Waals surface area contributed by atoms with Crippen molar-refractivity contribution in [2.75, 3.05) is 11.9 Å². The Morgan fingerprint density at radius 3 is 2.56 bits per heavy atom. The van der Waals surface area contributed by atoms with E-state index in [0.717, 1.165) is 12.5 Å². The zero-order valence-electron chi connectivity index (χ0n) is 11.3. The van der Waals surface area contributed by atoms with Gasteiger partial charge < -0.3 is 9.88 Å². The fraction of sp³-hybridized carbons (Fsp3) is 0.400. The highest BCUT2D eigenvalue weighted by molar-refractivity contribution is 5.30. The molecule has 0 saturated carbocycles. The van der Waals surface area contributed by atoms with Crippen molar-refractivity contribution in [1.82, 2.24) is 9.55 Å². The molecule has 3 heteroatoms. The molecule has 1 aromatic carbocycles. The molecule has 3 nitrogen and oxygen atoms in total. The van der Waals surface area contributed by atoms with Crippen molar-refractivity contribution in [2.24, 2.45) is 5.92 Å². The smallest absolute Gasteiger partial charge is 0.203 e. The number of hydrogen-bond acceptors (Lipinski definition) is 2. The van der Waals surface area contributed by atoms with Crippen LogP contribution >= 0.6 is 0 Å². The molecule has 18 heavy (non-hydrogen) atoms. The number of hydrogen-bond donors (Lipinski definition) is 1. The molecule has 0 aliphatic rings. The Labute approximate surface area is 109 Å². The fourth-order valence-corrected chi connectivity index (χ4v) is 1.95. The van der Waals surface area contributed by atoms with Gasteiger partial charge in [0.2, 0.25) is 5.95 Å². The lowest BCUT2D eigenvalue weighted by Gasteiger charge is -2.18. The van der Waals surface area contributed by atoms with Crippen LogP contribution < -0.4 is 5.32 Å². The third kappa shape index (κ3) is 2.92. The molecule has 0 spiro atoms. The topological polar surface area (TPSA) is 29.9 Å². The fourth-order valence-electron chi connectivity index (χ4n) is 1.95. The summed E-state index contributed by atoms with van der Waals surface area (Å²) < 4.78 is 2.18. The monoisotopic (exact) mass is 243 g/mol. The quantitative estimate of drug-likeness (QED) is 0.870. The molecule has 1 aromatic heterocycles. The van der Waals surface area contributed by atoms with E-state index in [0.29, 0.717) is 12.0 Å². The van der Waals surface area contributed by atoms with Crippen LogP contribution in [0.1, 0.15) is 32.4 Å². The Morgan fingerprint density at radius 1 is 1.17 bits per heavy atom. The maximum absolute atomic E-state index is 4.39. The Hall–Kier alpha value is -1.77. The molecule has 0 saturated heterocycles. The van der Waals surface area contributed by atoms with E-state index in [1.807, 2.05) is 18.5 Å². The molecule has 0 amide bonds. The minimum Gasteiger partial charge on any atom is -0.355 e. The van der Waals surface area contributed by atoms with Gasteiger partial charge in [0, 0.05) is 18.9 Å². The molecule has 0 fully saturated rings. The van der Waals surface area contributed by atoms with Crippen LogP contribution in [0, 0.1) is 5.92 Å². The first-order valence-corrected chi connectivity index (χ1v) is 6.50. The third-order valence-electron chi connectivity index (χ3n) is 3.04. The van der Waals surface area contributed by atoms with E-state index in [1.54, 1.807) is 0 Å². The second kappa shape index (κ2) is 5.71. The number of imidazole rings is 1. The highest BCUT2D eigenvalue weighted by atomic mass is 15.2. The van der Waals surface area contributed by atoms with Crippen LogP contribution in [0.15, 0.2) is 42.7 Å². The van der Waals surface area contributed by atoms with Gasteiger partial charge in [-0.3, -0.25) is 0 Å². The van der Waals surface area contributed by atoms with Crippen LogP contribution in [-0.2, 0) is 0 Å². The normalized spacial score (nSPS) is 12.7. The average Bonchev–Trinajstić information content (AvgIpc) is 2.85. The summed E-state index contributed by atoms with van der Waals surface area (Å²) in [4.78, 5) is 4.39. The van der Waals surface area contributed by atoms with Crippen LogP contribution in [0.3, 0.4) is 0 Å². The van der Waals surface area contributed by atoms with Gasteiger partial charge in [-0.1, -0.05) is 44.2 Å². The summed E-state index contributed by atoms with van der Waals surface area (Å²) in [7, 11) is 0. The minimum absolute atomic E-state index is 0.295. The van der Waals surface area contributed by atoms with Crippen LogP contribution in [0.5, 0.6) is 0 Å². The van der Waals surface area contributed by atoms with E-state index in [9.17, 15) is 0 Å². The number of anilines is 1. The van der Waals surface area contributed by atoms with Crippen LogP contribution in [0.2, 0.25) is 0 Å². The van der Waals surface area contributed by atoms with Crippen molar-refractivity contribution in [3.05, 3.63) is 48.3 Å². The first kappa shape index (κ1) is 12.7. The van der Waals surface area contributed by atoms with Gasteiger partial charge in [0.05, 0.1) is 6.04 Å². The van der Waals surface area contributed by atoms with E-state index >= 15 is 0 Å². The Bertz CT molecular complexity index is 473. The zero-order chi connectivity index (χ0) is 13.0. The molecule has 0 aliphatic heterocycles. The zero-order valence-corrected chi connectivity index (χ0v) is 11.3. The highest BCUT2D eigenvalue weighted by Crippen LogP contribution is 2.21. The van der Waals surface area contributed by atoms with E-state index < -0.39 is 0 Å². The summed E-state index contributed by atoms with van der Waals surface area (Å²) in [6.45, 7) is 7.53. The largest absolute Gasteiger partial charge is 0.355 e. The summed E-state index contributed by atoms with van der Waals surface area (Å²) in [5.74, 6) is 1.56. The molecule has 2 rings (SSSR count). The summed E-state index contributed by atoms with van der Waals surface area (Å²) in [5, 5.41) is 3.40. The lowest BCUT2D eigenvalue weighted by atomic mass is 10.1. The van der Waals surface area contributed by atoms with Crippen LogP contribution in [0.4, 0.5) is 5.95 Å². The lowest BCUT2D eigenvalue weighted by Crippen LogP contribution is -2.15. The predicted octanol–water partition coefficient (Wildman–Crippen LogP) is 3.56. The van der Waals surface area contributed by atoms with Gasteiger partial charge >= 0.3 is 0 Å². The number of rotatable bonds is 5. The number of benzene rings is 1. The molecule has 1 N–H and O–H groups in total. The molecular formula is C15H21N3. The van der Waals surface area contributed by atoms with Gasteiger partial charge in [-0.2, -0.15) is 0 Å². The summed E-state index contributed by atoms with van der Waals surface area (Å²) in [6.07, 6.45) is 3.88. The van der Waals surface area contributed by atoms with Crippen molar-refractivity contribution in [3.63, 3.8) is 0 Å². The standard InChI is InChI=1S/C15H21N3/c1-12(2)11-17-15-16-9-10-18(15)13(3)14-7-5-4-6-8-14/h4-10,12-13H,11H2,1-3H3,(H,16,17). The van der Waals surface area contributed by atoms with Crippen LogP contribution in [0.25, 0.3) is 0 Å². The van der Waals surface area contributed by atoms with Crippen LogP contribution in [-0.4, -0.2) is 16.1 Å². The average molecular weight is 243 g/mol. The minimum atomic E-state index is 0.295. The third-order valence-corrected chi connectivity index (χ3v) is 3.04. The van der Waals surface area contributed by atoms with Crippen molar-refractivity contribution < 1.29 is 0 Å². The van der Waals surface area contributed by atoms with Crippen molar-refractivity contribution in [1.29, 1.82) is 0 Å². The maximum atomic E-state index is 4.39. The molecule has 2 aromatic rings. The molecule has 0 bridgehead atoms. The van der Waals surface area contributed by atoms with Gasteiger partial charge in [0.15, 0.2) is 0 Å². The van der Waals surface area contributed by atoms with Gasteiger partial charge in [-0.15, -0.1) is 0 Å². The van der Waals surface area contributed by atoms with Gasteiger partial charge in [0.1, 0.15) is 0 Å². The second-order valence-electron chi connectivity index (χ2n) is 5.02. The molecule has 1 heterocycles. The maximum Gasteiger partial charge on any atom is 0.203 e. The van der Waals surface area contributed by atoms with Crippen molar-refractivity contribution in [2.45, 2.75) is 26.8 Å². The first-order chi connectivity index (χ1) is 8.68. The van der Waals surface area contributed by atoms with Crippen molar-refractivity contribution >= 4 is 5.95 Å². The van der Waals surface area contributed by atoms with Gasteiger partial charge in [0.25, 0.3) is 0 Å². The molecular weight excluding hydrogens is 222 g/mol. The molecule has 1 unspecified atom stereocenters. The predicted molar refractivity (Wildman–Crippen MR) is 75.8 cm³/mol. The van der Waals surface area contributed by atoms with Gasteiger partial charge in [-0.05, 0) is 18.4 Å². The highest BCUT2D eigenvalue weighted by Gasteiger charge is 2.11. The number of nitrogens with zero attached hydrogens (tertiary/aromatic N) is 2. The molecule has 96 valence electrons. The van der Waals surface area contributed by atoms with Gasteiger partial charge in [-0.25, -0.2) is 4.98 Å². The summed E-state index contributed by atoms with van der Waals surface area (Å²) >= 11 is 0. The van der Waals surface area contributed by atoms with E-state index in [-0.39, 0.29) is 0 Å².